The summed E-state index contributed by atoms with van der Waals surface area (Å²) < 4.78 is 25.3. The van der Waals surface area contributed by atoms with Gasteiger partial charge >= 0.3 is 6.04 Å². The smallest absolute Gasteiger partial charge is 0.261 e. The number of carbonyl (C=O) groups excluding carboxylic acids is 1. The minimum Gasteiger partial charge on any atom is -0.261 e. The third kappa shape index (κ3) is 2.37. The van der Waals surface area contributed by atoms with Crippen molar-refractivity contribution in [3.05, 3.63) is 34.1 Å². The van der Waals surface area contributed by atoms with Crippen LogP contribution in [0.5, 0.6) is 0 Å². The molecule has 1 rings (SSSR count). The quantitative estimate of drug-likeness (QED) is 0.720. The molecule has 0 radical (unpaired) electrons. The summed E-state index contributed by atoms with van der Waals surface area (Å²) in [6, 6.07) is 2.52. The van der Waals surface area contributed by atoms with E-state index >= 15 is 0 Å². The van der Waals surface area contributed by atoms with Crippen LogP contribution in [0.15, 0.2) is 22.7 Å². The van der Waals surface area contributed by atoms with Gasteiger partial charge in [-0.25, -0.2) is 4.39 Å². The van der Waals surface area contributed by atoms with Crippen LogP contribution in [-0.4, -0.2) is 6.04 Å². The van der Waals surface area contributed by atoms with Gasteiger partial charge in [0.25, 0.3) is 0 Å². The summed E-state index contributed by atoms with van der Waals surface area (Å²) in [6.07, 6.45) is -0.509. The summed E-state index contributed by atoms with van der Waals surface area (Å²) in [4.78, 5) is 10.0. The lowest BCUT2D eigenvalue weighted by atomic mass is 10.1. The van der Waals surface area contributed by atoms with E-state index < -0.39 is 18.3 Å². The summed E-state index contributed by atoms with van der Waals surface area (Å²) in [7, 11) is 0. The molecule has 0 N–H and O–H groups in total. The van der Waals surface area contributed by atoms with Crippen molar-refractivity contribution >= 4 is 22.0 Å². The number of halogens is 3. The van der Waals surface area contributed by atoms with Crippen molar-refractivity contribution in [2.45, 2.75) is 6.42 Å². The molecule has 0 aromatic heterocycles. The van der Waals surface area contributed by atoms with Gasteiger partial charge in [-0.05, 0) is 23.8 Å². The Morgan fingerprint density at radius 3 is 2.75 bits per heavy atom. The van der Waals surface area contributed by atoms with Crippen molar-refractivity contribution in [1.29, 1.82) is 0 Å². The highest BCUT2D eigenvalue weighted by atomic mass is 79.9. The van der Waals surface area contributed by atoms with Crippen LogP contribution >= 0.6 is 15.9 Å². The minimum atomic E-state index is -1.54. The van der Waals surface area contributed by atoms with E-state index in [1.165, 1.54) is 18.2 Å². The Hall–Kier alpha value is -0.770. The van der Waals surface area contributed by atoms with E-state index in [0.29, 0.717) is 4.47 Å². The number of hydrogen-bond acceptors (Lipinski definition) is 1. The van der Waals surface area contributed by atoms with Gasteiger partial charge in [0.1, 0.15) is 5.82 Å². The van der Waals surface area contributed by atoms with E-state index in [1.807, 2.05) is 0 Å². The van der Waals surface area contributed by atoms with Crippen LogP contribution in [-0.2, 0) is 11.2 Å². The highest BCUT2D eigenvalue weighted by Gasteiger charge is 2.07. The van der Waals surface area contributed by atoms with Gasteiger partial charge in [-0.3, -0.25) is 4.79 Å². The van der Waals surface area contributed by atoms with Crippen molar-refractivity contribution in [2.75, 3.05) is 0 Å². The van der Waals surface area contributed by atoms with Gasteiger partial charge in [-0.15, -0.1) is 0 Å². The van der Waals surface area contributed by atoms with E-state index in [2.05, 4.69) is 15.9 Å². The zero-order valence-corrected chi connectivity index (χ0v) is 7.57. The summed E-state index contributed by atoms with van der Waals surface area (Å²) in [6.45, 7) is 0. The van der Waals surface area contributed by atoms with Crippen molar-refractivity contribution in [3.8, 4) is 0 Å². The molecule has 0 saturated heterocycles. The second-order valence-corrected chi connectivity index (χ2v) is 3.18. The molecule has 0 saturated carbocycles. The fraction of sp³-hybridized carbons (Fsp3) is 0.125. The lowest BCUT2D eigenvalue weighted by Gasteiger charge is -1.98. The Labute approximate surface area is 76.5 Å². The van der Waals surface area contributed by atoms with E-state index in [-0.39, 0.29) is 5.56 Å². The predicted octanol–water partition coefficient (Wildman–Crippen LogP) is 2.63. The standard InChI is InChI=1S/C8H5BrF2O/c9-6-1-2-7(10)5(3-6)4-8(11)12/h1-3H,4H2. The molecule has 1 aromatic carbocycles. The molecule has 0 amide bonds. The number of rotatable bonds is 2. The largest absolute Gasteiger partial charge is 0.305 e. The fourth-order valence-corrected chi connectivity index (χ4v) is 1.24. The summed E-state index contributed by atoms with van der Waals surface area (Å²) in [5.74, 6) is -0.566. The maximum atomic E-state index is 12.8. The van der Waals surface area contributed by atoms with Crippen LogP contribution in [0.2, 0.25) is 0 Å². The maximum Gasteiger partial charge on any atom is 0.305 e. The van der Waals surface area contributed by atoms with Crippen LogP contribution in [0.1, 0.15) is 5.56 Å². The molecule has 0 spiro atoms. The van der Waals surface area contributed by atoms with Gasteiger partial charge in [-0.1, -0.05) is 15.9 Å². The second-order valence-electron chi connectivity index (χ2n) is 2.27. The normalized spacial score (nSPS) is 9.92. The molecule has 12 heavy (non-hydrogen) atoms. The molecule has 1 nitrogen and oxygen atoms in total. The highest BCUT2D eigenvalue weighted by molar-refractivity contribution is 9.10. The van der Waals surface area contributed by atoms with Crippen molar-refractivity contribution < 1.29 is 13.6 Å². The number of hydrogen-bond donors (Lipinski definition) is 0. The van der Waals surface area contributed by atoms with Gasteiger partial charge in [0, 0.05) is 4.47 Å². The van der Waals surface area contributed by atoms with Gasteiger partial charge in [-0.2, -0.15) is 4.39 Å². The van der Waals surface area contributed by atoms with Crippen molar-refractivity contribution in [2.24, 2.45) is 0 Å². The molecule has 64 valence electrons. The third-order valence-electron chi connectivity index (χ3n) is 1.34. The first-order valence-electron chi connectivity index (χ1n) is 3.22. The zero-order chi connectivity index (χ0) is 9.14. The van der Waals surface area contributed by atoms with Gasteiger partial charge < -0.3 is 0 Å². The third-order valence-corrected chi connectivity index (χ3v) is 1.83. The summed E-state index contributed by atoms with van der Waals surface area (Å²) >= 11 is 3.09. The van der Waals surface area contributed by atoms with Crippen LogP contribution in [0, 0.1) is 5.82 Å². The molecular formula is C8H5BrF2O. The molecule has 4 heteroatoms. The van der Waals surface area contributed by atoms with E-state index in [9.17, 15) is 13.6 Å². The first-order chi connectivity index (χ1) is 5.59. The van der Waals surface area contributed by atoms with Crippen molar-refractivity contribution in [1.82, 2.24) is 0 Å². The molecular weight excluding hydrogens is 230 g/mol. The van der Waals surface area contributed by atoms with Crippen LogP contribution in [0.3, 0.4) is 0 Å². The maximum absolute atomic E-state index is 12.8. The van der Waals surface area contributed by atoms with Crippen LogP contribution in [0.4, 0.5) is 8.78 Å². The fourth-order valence-electron chi connectivity index (χ4n) is 0.829. The molecule has 0 heterocycles. The first-order valence-corrected chi connectivity index (χ1v) is 4.01. The Morgan fingerprint density at radius 1 is 1.50 bits per heavy atom. The molecule has 0 fully saturated rings. The van der Waals surface area contributed by atoms with E-state index in [4.69, 9.17) is 0 Å². The monoisotopic (exact) mass is 234 g/mol. The molecule has 0 bridgehead atoms. The molecule has 1 aromatic rings. The molecule has 0 aliphatic heterocycles. The Balaban J connectivity index is 2.97. The second kappa shape index (κ2) is 3.76. The number of carbonyl (C=O) groups is 1. The van der Waals surface area contributed by atoms with Gasteiger partial charge in [0.2, 0.25) is 0 Å². The van der Waals surface area contributed by atoms with Crippen molar-refractivity contribution in [3.63, 3.8) is 0 Å². The lowest BCUT2D eigenvalue weighted by Crippen LogP contribution is -1.97. The van der Waals surface area contributed by atoms with Crippen LogP contribution < -0.4 is 0 Å². The van der Waals surface area contributed by atoms with E-state index in [0.717, 1.165) is 0 Å². The minimum absolute atomic E-state index is 0.0666. The summed E-state index contributed by atoms with van der Waals surface area (Å²) in [5, 5.41) is 0. The Bertz CT molecular complexity index is 312. The Kier molecular flexibility index (Phi) is 2.92. The molecule has 0 unspecified atom stereocenters. The van der Waals surface area contributed by atoms with Gasteiger partial charge in [0.05, 0.1) is 6.42 Å². The first kappa shape index (κ1) is 9.32. The average Bonchev–Trinajstić information content (AvgIpc) is 1.96. The van der Waals surface area contributed by atoms with E-state index in [1.54, 1.807) is 0 Å². The molecule has 0 aliphatic rings. The van der Waals surface area contributed by atoms with Gasteiger partial charge in [0.15, 0.2) is 0 Å². The highest BCUT2D eigenvalue weighted by Crippen LogP contribution is 2.16. The number of benzene rings is 1. The molecule has 0 aliphatic carbocycles. The lowest BCUT2D eigenvalue weighted by molar-refractivity contribution is -0.128. The summed E-state index contributed by atoms with van der Waals surface area (Å²) in [5.41, 5.74) is 0.0666. The molecule has 0 atom stereocenters. The van der Waals surface area contributed by atoms with Crippen LogP contribution in [0.25, 0.3) is 0 Å². The topological polar surface area (TPSA) is 17.1 Å². The Morgan fingerprint density at radius 2 is 2.17 bits per heavy atom. The zero-order valence-electron chi connectivity index (χ0n) is 5.98. The predicted molar refractivity (Wildman–Crippen MR) is 43.9 cm³/mol. The average molecular weight is 235 g/mol. The SMILES string of the molecule is O=C(F)Cc1cc(Br)ccc1F.